The molecule has 6 heteroatoms. The fourth-order valence-corrected chi connectivity index (χ4v) is 1.02. The Hall–Kier alpha value is -2.37. The highest BCUT2D eigenvalue weighted by Gasteiger charge is 2.09. The second-order valence-electron chi connectivity index (χ2n) is 2.99. The molecule has 16 heavy (non-hydrogen) atoms. The molecule has 1 aromatic rings. The molecule has 0 saturated carbocycles. The van der Waals surface area contributed by atoms with Crippen molar-refractivity contribution in [2.75, 3.05) is 0 Å². The minimum Gasteiger partial charge on any atom is -0.478 e. The molecule has 1 rings (SSSR count). The number of nitrogens with one attached hydrogen (secondary N) is 1. The van der Waals surface area contributed by atoms with E-state index in [4.69, 9.17) is 10.2 Å². The van der Waals surface area contributed by atoms with Crippen LogP contribution in [0, 0.1) is 0 Å². The van der Waals surface area contributed by atoms with Crippen molar-refractivity contribution in [3.8, 4) is 0 Å². The van der Waals surface area contributed by atoms with Crippen LogP contribution in [0.1, 0.15) is 15.9 Å². The van der Waals surface area contributed by atoms with Gasteiger partial charge in [0.05, 0.1) is 5.56 Å². The fourth-order valence-electron chi connectivity index (χ4n) is 1.02. The van der Waals surface area contributed by atoms with E-state index in [2.05, 4.69) is 5.32 Å². The van der Waals surface area contributed by atoms with Crippen LogP contribution in [-0.2, 0) is 16.1 Å². The fraction of sp³-hybridized carbons (Fsp3) is 0.100. The molecule has 0 radical (unpaired) electrons. The van der Waals surface area contributed by atoms with Crippen molar-refractivity contribution < 1.29 is 24.6 Å². The van der Waals surface area contributed by atoms with Crippen LogP contribution in [-0.4, -0.2) is 28.1 Å². The largest absolute Gasteiger partial charge is 0.478 e. The van der Waals surface area contributed by atoms with Crippen molar-refractivity contribution in [1.29, 1.82) is 0 Å². The highest BCUT2D eigenvalue weighted by Crippen LogP contribution is 2.03. The second-order valence-corrected chi connectivity index (χ2v) is 2.99. The van der Waals surface area contributed by atoms with Gasteiger partial charge in [-0.2, -0.15) is 0 Å². The summed E-state index contributed by atoms with van der Waals surface area (Å²) in [4.78, 5) is 31.4. The molecular weight excluding hydrogens is 214 g/mol. The van der Waals surface area contributed by atoms with E-state index < -0.39 is 17.8 Å². The van der Waals surface area contributed by atoms with Crippen LogP contribution in [0.15, 0.2) is 24.3 Å². The number of carboxylic acid groups (broad SMARTS) is 2. The van der Waals surface area contributed by atoms with Gasteiger partial charge in [0, 0.05) is 6.54 Å². The molecule has 0 aromatic heterocycles. The van der Waals surface area contributed by atoms with Crippen molar-refractivity contribution in [3.05, 3.63) is 35.4 Å². The first-order valence-electron chi connectivity index (χ1n) is 4.34. The normalized spacial score (nSPS) is 9.50. The Bertz CT molecular complexity index is 423. The molecule has 0 fully saturated rings. The predicted molar refractivity (Wildman–Crippen MR) is 52.9 cm³/mol. The van der Waals surface area contributed by atoms with Crippen molar-refractivity contribution >= 4 is 17.8 Å². The zero-order chi connectivity index (χ0) is 12.1. The number of carbonyl (C=O) groups is 3. The van der Waals surface area contributed by atoms with Gasteiger partial charge < -0.3 is 15.5 Å². The van der Waals surface area contributed by atoms with Crippen LogP contribution in [0.25, 0.3) is 0 Å². The van der Waals surface area contributed by atoms with Gasteiger partial charge in [-0.3, -0.25) is 4.79 Å². The van der Waals surface area contributed by atoms with E-state index in [0.717, 1.165) is 0 Å². The Balaban J connectivity index is 2.59. The minimum atomic E-state index is -1.55. The van der Waals surface area contributed by atoms with Gasteiger partial charge in [0.15, 0.2) is 0 Å². The van der Waals surface area contributed by atoms with E-state index in [0.29, 0.717) is 5.56 Å². The number of benzene rings is 1. The van der Waals surface area contributed by atoms with E-state index in [1.54, 1.807) is 0 Å². The lowest BCUT2D eigenvalue weighted by Gasteiger charge is -2.02. The lowest BCUT2D eigenvalue weighted by molar-refractivity contribution is -0.150. The first-order chi connectivity index (χ1) is 7.50. The van der Waals surface area contributed by atoms with Crippen LogP contribution < -0.4 is 5.32 Å². The molecule has 0 aliphatic heterocycles. The third-order valence-corrected chi connectivity index (χ3v) is 1.85. The highest BCUT2D eigenvalue weighted by molar-refractivity contribution is 6.31. The third kappa shape index (κ3) is 3.09. The van der Waals surface area contributed by atoms with Crippen LogP contribution in [0.5, 0.6) is 0 Å². The van der Waals surface area contributed by atoms with Gasteiger partial charge in [0.1, 0.15) is 0 Å². The quantitative estimate of drug-likeness (QED) is 0.630. The first-order valence-corrected chi connectivity index (χ1v) is 4.34. The van der Waals surface area contributed by atoms with Crippen molar-refractivity contribution in [2.24, 2.45) is 0 Å². The van der Waals surface area contributed by atoms with Crippen molar-refractivity contribution in [3.63, 3.8) is 0 Å². The van der Waals surface area contributed by atoms with Gasteiger partial charge in [0.25, 0.3) is 0 Å². The molecule has 0 saturated heterocycles. The molecule has 1 aromatic carbocycles. The average molecular weight is 223 g/mol. The molecule has 84 valence electrons. The van der Waals surface area contributed by atoms with E-state index in [9.17, 15) is 14.4 Å². The molecule has 0 bridgehead atoms. The molecule has 0 unspecified atom stereocenters. The molecule has 6 nitrogen and oxygen atoms in total. The van der Waals surface area contributed by atoms with Gasteiger partial charge in [0.2, 0.25) is 0 Å². The third-order valence-electron chi connectivity index (χ3n) is 1.85. The maximum Gasteiger partial charge on any atom is 0.394 e. The van der Waals surface area contributed by atoms with Gasteiger partial charge in [-0.25, -0.2) is 9.59 Å². The van der Waals surface area contributed by atoms with Gasteiger partial charge in [-0.1, -0.05) is 12.1 Å². The maximum absolute atomic E-state index is 10.7. The zero-order valence-electron chi connectivity index (χ0n) is 8.14. The van der Waals surface area contributed by atoms with Crippen LogP contribution in [0.3, 0.4) is 0 Å². The zero-order valence-corrected chi connectivity index (χ0v) is 8.14. The summed E-state index contributed by atoms with van der Waals surface area (Å²) in [6.07, 6.45) is 0. The summed E-state index contributed by atoms with van der Waals surface area (Å²) < 4.78 is 0. The molecule has 1 amide bonds. The molecule has 0 spiro atoms. The lowest BCUT2D eigenvalue weighted by Crippen LogP contribution is -2.30. The topological polar surface area (TPSA) is 104 Å². The molecule has 0 aliphatic rings. The molecule has 0 heterocycles. The minimum absolute atomic E-state index is 0.0467. The summed E-state index contributed by atoms with van der Waals surface area (Å²) in [6, 6.07) is 5.77. The predicted octanol–water partition coefficient (Wildman–Crippen LogP) is 0.0856. The number of rotatable bonds is 3. The number of carboxylic acids is 2. The summed E-state index contributed by atoms with van der Waals surface area (Å²) in [7, 11) is 0. The number of hydrogen-bond donors (Lipinski definition) is 3. The molecule has 3 N–H and O–H groups in total. The van der Waals surface area contributed by atoms with Gasteiger partial charge in [-0.05, 0) is 17.7 Å². The average Bonchev–Trinajstić information content (AvgIpc) is 2.26. The molecule has 0 atom stereocenters. The maximum atomic E-state index is 10.7. The first kappa shape index (κ1) is 11.7. The Morgan fingerprint density at radius 3 is 2.06 bits per heavy atom. The van der Waals surface area contributed by atoms with Crippen LogP contribution in [0.2, 0.25) is 0 Å². The number of carbonyl (C=O) groups excluding carboxylic acids is 1. The van der Waals surface area contributed by atoms with Crippen LogP contribution >= 0.6 is 0 Å². The number of hydrogen-bond acceptors (Lipinski definition) is 3. The van der Waals surface area contributed by atoms with E-state index >= 15 is 0 Å². The number of aromatic carboxylic acids is 1. The summed E-state index contributed by atoms with van der Waals surface area (Å²) >= 11 is 0. The molecular formula is C10H9NO5. The van der Waals surface area contributed by atoms with Crippen LogP contribution in [0.4, 0.5) is 0 Å². The van der Waals surface area contributed by atoms with Crippen molar-refractivity contribution in [2.45, 2.75) is 6.54 Å². The summed E-state index contributed by atoms with van der Waals surface area (Å²) in [5, 5.41) is 19.1. The monoisotopic (exact) mass is 223 g/mol. The SMILES string of the molecule is O=C(O)C(=O)NCc1ccc(C(=O)O)cc1. The lowest BCUT2D eigenvalue weighted by atomic mass is 10.1. The Labute approximate surface area is 90.5 Å². The Morgan fingerprint density at radius 1 is 1.06 bits per heavy atom. The summed E-state index contributed by atoms with van der Waals surface area (Å²) in [6.45, 7) is 0.0467. The van der Waals surface area contributed by atoms with E-state index in [1.807, 2.05) is 0 Å². The van der Waals surface area contributed by atoms with Gasteiger partial charge >= 0.3 is 17.8 Å². The van der Waals surface area contributed by atoms with E-state index in [1.165, 1.54) is 24.3 Å². The number of aliphatic carboxylic acids is 1. The Kier molecular flexibility index (Phi) is 3.60. The second kappa shape index (κ2) is 4.92. The summed E-state index contributed by atoms with van der Waals surface area (Å²) in [5.41, 5.74) is 0.757. The molecule has 0 aliphatic carbocycles. The standard InChI is InChI=1S/C10H9NO5/c12-8(10(15)16)11-5-6-1-3-7(4-2-6)9(13)14/h1-4H,5H2,(H,11,12)(H,13,14)(H,15,16). The van der Waals surface area contributed by atoms with Gasteiger partial charge in [-0.15, -0.1) is 0 Å². The summed E-state index contributed by atoms with van der Waals surface area (Å²) in [5.74, 6) is -3.69. The van der Waals surface area contributed by atoms with E-state index in [-0.39, 0.29) is 12.1 Å². The number of amides is 1. The Morgan fingerprint density at radius 2 is 1.62 bits per heavy atom. The van der Waals surface area contributed by atoms with Crippen molar-refractivity contribution in [1.82, 2.24) is 5.32 Å². The highest BCUT2D eigenvalue weighted by atomic mass is 16.4. The smallest absolute Gasteiger partial charge is 0.394 e.